The Morgan fingerprint density at radius 3 is 2.67 bits per heavy atom. The first-order chi connectivity index (χ1) is 12.7. The second-order valence-corrected chi connectivity index (χ2v) is 7.97. The van der Waals surface area contributed by atoms with Gasteiger partial charge in [-0.05, 0) is 32.2 Å². The highest BCUT2D eigenvalue weighted by Crippen LogP contribution is 2.31. The highest BCUT2D eigenvalue weighted by Gasteiger charge is 2.50. The normalized spacial score (nSPS) is 28.4. The third kappa shape index (κ3) is 4.38. The fourth-order valence-corrected chi connectivity index (χ4v) is 4.17. The minimum atomic E-state index is -4.87. The van der Waals surface area contributed by atoms with Gasteiger partial charge in [0, 0.05) is 19.0 Å². The number of carbonyl (C=O) groups excluding carboxylic acids is 3. The molecule has 0 aromatic rings. The third-order valence-electron chi connectivity index (χ3n) is 5.12. The summed E-state index contributed by atoms with van der Waals surface area (Å²) in [6.45, 7) is 0.851. The highest BCUT2D eigenvalue weighted by atomic mass is 32.3. The quantitative estimate of drug-likeness (QED) is 0.219. The van der Waals surface area contributed by atoms with Crippen molar-refractivity contribution in [2.45, 2.75) is 56.7 Å². The SMILES string of the molecule is NN(C(=O)CC1CCCCN1)C(=O)[C@@H]1CC[C@@H]2CN1C(=O)N2OS(=O)(=O)O. The van der Waals surface area contributed by atoms with Crippen LogP contribution in [0.25, 0.3) is 0 Å². The molecule has 3 aliphatic heterocycles. The third-order valence-corrected chi connectivity index (χ3v) is 5.47. The molecule has 4 amide bonds. The van der Waals surface area contributed by atoms with Gasteiger partial charge in [-0.2, -0.15) is 13.5 Å². The van der Waals surface area contributed by atoms with Gasteiger partial charge in [-0.15, -0.1) is 4.28 Å². The lowest BCUT2D eigenvalue weighted by atomic mass is 9.99. The first-order valence-corrected chi connectivity index (χ1v) is 10.2. The maximum atomic E-state index is 12.6. The number of rotatable bonds is 5. The summed E-state index contributed by atoms with van der Waals surface area (Å²) in [6.07, 6.45) is 3.41. The van der Waals surface area contributed by atoms with Crippen LogP contribution in [0.5, 0.6) is 0 Å². The molecule has 3 fully saturated rings. The van der Waals surface area contributed by atoms with Crippen molar-refractivity contribution in [3.05, 3.63) is 0 Å². The van der Waals surface area contributed by atoms with Gasteiger partial charge in [0.2, 0.25) is 5.91 Å². The summed E-state index contributed by atoms with van der Waals surface area (Å²) in [5.74, 6) is 4.44. The van der Waals surface area contributed by atoms with E-state index in [2.05, 4.69) is 9.60 Å². The Morgan fingerprint density at radius 2 is 2.04 bits per heavy atom. The van der Waals surface area contributed by atoms with Crippen molar-refractivity contribution in [3.8, 4) is 0 Å². The number of hydrogen-bond acceptors (Lipinski definition) is 8. The van der Waals surface area contributed by atoms with Gasteiger partial charge in [-0.3, -0.25) is 14.1 Å². The molecule has 2 bridgehead atoms. The summed E-state index contributed by atoms with van der Waals surface area (Å²) in [5.41, 5.74) is 0. The second-order valence-electron chi connectivity index (χ2n) is 6.96. The van der Waals surface area contributed by atoms with E-state index in [9.17, 15) is 22.8 Å². The maximum absolute atomic E-state index is 12.6. The summed E-state index contributed by atoms with van der Waals surface area (Å²) in [5, 5.41) is 4.28. The fraction of sp³-hybridized carbons (Fsp3) is 0.786. The fourth-order valence-electron chi connectivity index (χ4n) is 3.78. The first kappa shape index (κ1) is 19.9. The Balaban J connectivity index is 1.63. The second kappa shape index (κ2) is 7.67. The molecule has 152 valence electrons. The smallest absolute Gasteiger partial charge is 0.313 e. The zero-order valence-corrected chi connectivity index (χ0v) is 15.4. The van der Waals surface area contributed by atoms with Crippen LogP contribution in [0.15, 0.2) is 0 Å². The van der Waals surface area contributed by atoms with E-state index < -0.39 is 40.3 Å². The van der Waals surface area contributed by atoms with Crippen molar-refractivity contribution in [1.29, 1.82) is 0 Å². The number of carbonyl (C=O) groups is 3. The van der Waals surface area contributed by atoms with Crippen LogP contribution in [0, 0.1) is 0 Å². The number of hydrogen-bond donors (Lipinski definition) is 3. The van der Waals surface area contributed by atoms with Gasteiger partial charge >= 0.3 is 16.4 Å². The van der Waals surface area contributed by atoms with Gasteiger partial charge in [0.25, 0.3) is 5.91 Å². The van der Waals surface area contributed by atoms with E-state index in [1.807, 2.05) is 0 Å². The summed E-state index contributed by atoms with van der Waals surface area (Å²) < 4.78 is 34.9. The largest absolute Gasteiger partial charge is 0.418 e. The predicted octanol–water partition coefficient (Wildman–Crippen LogP) is -1.25. The predicted molar refractivity (Wildman–Crippen MR) is 89.7 cm³/mol. The molecule has 0 aliphatic carbocycles. The molecule has 13 heteroatoms. The Bertz CT molecular complexity index is 723. The number of urea groups is 1. The molecular formula is C14H23N5O7S. The number of hydrazine groups is 1. The molecule has 1 unspecified atom stereocenters. The number of imide groups is 1. The van der Waals surface area contributed by atoms with E-state index in [0.29, 0.717) is 10.1 Å². The van der Waals surface area contributed by atoms with Crippen molar-refractivity contribution in [2.24, 2.45) is 5.84 Å². The van der Waals surface area contributed by atoms with E-state index in [1.165, 1.54) is 0 Å². The molecular weight excluding hydrogens is 382 g/mol. The molecule has 0 radical (unpaired) electrons. The van der Waals surface area contributed by atoms with Crippen LogP contribution < -0.4 is 11.2 Å². The Kier molecular flexibility index (Phi) is 5.67. The molecule has 0 saturated carbocycles. The molecule has 3 aliphatic rings. The average Bonchev–Trinajstić information content (AvgIpc) is 2.85. The van der Waals surface area contributed by atoms with Crippen LogP contribution in [0.2, 0.25) is 0 Å². The number of nitrogens with two attached hydrogens (primary N) is 1. The standard InChI is InChI=1S/C14H23N5O7S/c15-18(12(20)7-9-3-1-2-6-16-9)13(21)11-5-4-10-8-17(11)14(22)19(10)26-27(23,24)25/h9-11,16H,1-8,15H2,(H,23,24,25)/t9?,10-,11+/m1/s1. The summed E-state index contributed by atoms with van der Waals surface area (Å²) >= 11 is 0. The Labute approximate surface area is 156 Å². The van der Waals surface area contributed by atoms with Crippen LogP contribution in [-0.4, -0.2) is 77.0 Å². The van der Waals surface area contributed by atoms with Crippen LogP contribution in [0.1, 0.15) is 38.5 Å². The number of piperidine rings is 2. The Hall–Kier alpha value is -1.80. The van der Waals surface area contributed by atoms with Crippen LogP contribution in [-0.2, 0) is 24.3 Å². The van der Waals surface area contributed by atoms with E-state index in [-0.39, 0.29) is 31.8 Å². The molecule has 0 aromatic carbocycles. The first-order valence-electron chi connectivity index (χ1n) is 8.79. The van der Waals surface area contributed by atoms with Crippen molar-refractivity contribution >= 4 is 28.2 Å². The molecule has 27 heavy (non-hydrogen) atoms. The lowest BCUT2D eigenvalue weighted by molar-refractivity contribution is -0.149. The Morgan fingerprint density at radius 1 is 1.30 bits per heavy atom. The lowest BCUT2D eigenvalue weighted by Gasteiger charge is -2.32. The minimum absolute atomic E-state index is 0.0343. The molecule has 4 N–H and O–H groups in total. The zero-order valence-electron chi connectivity index (χ0n) is 14.6. The van der Waals surface area contributed by atoms with Gasteiger partial charge in [0.05, 0.1) is 6.04 Å². The number of fused-ring (bicyclic) bond motifs is 2. The topological polar surface area (TPSA) is 163 Å². The van der Waals surface area contributed by atoms with Crippen molar-refractivity contribution in [3.63, 3.8) is 0 Å². The molecule has 3 rings (SSSR count). The lowest BCUT2D eigenvalue weighted by Crippen LogP contribution is -2.56. The van der Waals surface area contributed by atoms with Crippen LogP contribution in [0.3, 0.4) is 0 Å². The molecule has 3 saturated heterocycles. The number of nitrogens with zero attached hydrogens (tertiary/aromatic N) is 3. The van der Waals surface area contributed by atoms with Crippen LogP contribution in [0.4, 0.5) is 4.79 Å². The van der Waals surface area contributed by atoms with Gasteiger partial charge < -0.3 is 10.2 Å². The average molecular weight is 405 g/mol. The van der Waals surface area contributed by atoms with Crippen molar-refractivity contribution < 1.29 is 31.6 Å². The monoisotopic (exact) mass is 405 g/mol. The maximum Gasteiger partial charge on any atom is 0.418 e. The summed E-state index contributed by atoms with van der Waals surface area (Å²) in [4.78, 5) is 38.4. The summed E-state index contributed by atoms with van der Waals surface area (Å²) in [6, 6.07) is -2.51. The number of amides is 4. The van der Waals surface area contributed by atoms with Crippen LogP contribution >= 0.6 is 0 Å². The molecule has 0 aromatic heterocycles. The highest BCUT2D eigenvalue weighted by molar-refractivity contribution is 7.80. The molecule has 0 spiro atoms. The van der Waals surface area contributed by atoms with Gasteiger partial charge in [-0.1, -0.05) is 6.42 Å². The molecule has 3 heterocycles. The van der Waals surface area contributed by atoms with E-state index in [1.54, 1.807) is 0 Å². The van der Waals surface area contributed by atoms with Gasteiger partial charge in [0.15, 0.2) is 0 Å². The molecule has 12 nitrogen and oxygen atoms in total. The number of nitrogens with one attached hydrogen (secondary N) is 1. The van der Waals surface area contributed by atoms with E-state index >= 15 is 0 Å². The van der Waals surface area contributed by atoms with E-state index in [4.69, 9.17) is 10.4 Å². The van der Waals surface area contributed by atoms with Gasteiger partial charge in [0.1, 0.15) is 6.04 Å². The molecule has 3 atom stereocenters. The minimum Gasteiger partial charge on any atom is -0.313 e. The van der Waals surface area contributed by atoms with Crippen molar-refractivity contribution in [2.75, 3.05) is 13.1 Å². The van der Waals surface area contributed by atoms with E-state index in [0.717, 1.165) is 30.7 Å². The number of hydroxylamine groups is 2. The van der Waals surface area contributed by atoms with Gasteiger partial charge in [-0.25, -0.2) is 15.6 Å². The van der Waals surface area contributed by atoms with Crippen molar-refractivity contribution in [1.82, 2.24) is 20.3 Å². The zero-order chi connectivity index (χ0) is 19.8. The summed E-state index contributed by atoms with van der Waals surface area (Å²) in [7, 11) is -4.87.